The van der Waals surface area contributed by atoms with Gasteiger partial charge in [-0.1, -0.05) is 6.92 Å². The summed E-state index contributed by atoms with van der Waals surface area (Å²) in [7, 11) is 1.89. The second-order valence-corrected chi connectivity index (χ2v) is 5.08. The number of aryl methyl sites for hydroxylation is 2. The molecule has 0 radical (unpaired) electrons. The molecular weight excluding hydrogens is 266 g/mol. The van der Waals surface area contributed by atoms with Crippen LogP contribution in [-0.2, 0) is 13.6 Å². The molecule has 7 heteroatoms. The summed E-state index contributed by atoms with van der Waals surface area (Å²) >= 11 is 0. The highest BCUT2D eigenvalue weighted by Gasteiger charge is 2.11. The Morgan fingerprint density at radius 1 is 1.29 bits per heavy atom. The van der Waals surface area contributed by atoms with Gasteiger partial charge in [-0.3, -0.25) is 9.36 Å². The maximum atomic E-state index is 4.62. The maximum absolute atomic E-state index is 4.62. The number of nitrogens with one attached hydrogen (secondary N) is 1. The van der Waals surface area contributed by atoms with Crippen LogP contribution in [0, 0.1) is 6.92 Å². The molecule has 110 valence electrons. The Kier molecular flexibility index (Phi) is 3.55. The molecule has 0 amide bonds. The average molecular weight is 285 g/mol. The first kappa shape index (κ1) is 13.5. The molecule has 7 nitrogen and oxygen atoms in total. The molecule has 0 atom stereocenters. The Balaban J connectivity index is 1.99. The standard InChI is InChI=1S/C14H19N7/c1-4-6-15-13-11-8-16-20(3)14(11)18-12(17-13)9-21-7-5-10(2)19-21/h5,7-8H,4,6,9H2,1-3H3,(H,15,17,18). The van der Waals surface area contributed by atoms with E-state index in [4.69, 9.17) is 0 Å². The summed E-state index contributed by atoms with van der Waals surface area (Å²) < 4.78 is 3.61. The minimum atomic E-state index is 0.551. The summed E-state index contributed by atoms with van der Waals surface area (Å²) in [6.45, 7) is 5.52. The van der Waals surface area contributed by atoms with E-state index < -0.39 is 0 Å². The Hall–Kier alpha value is -2.44. The van der Waals surface area contributed by atoms with Crippen molar-refractivity contribution in [1.82, 2.24) is 29.5 Å². The van der Waals surface area contributed by atoms with Crippen LogP contribution in [0.1, 0.15) is 24.9 Å². The minimum absolute atomic E-state index is 0.551. The van der Waals surface area contributed by atoms with Crippen LogP contribution in [0.25, 0.3) is 11.0 Å². The summed E-state index contributed by atoms with van der Waals surface area (Å²) in [4.78, 5) is 9.22. The van der Waals surface area contributed by atoms with E-state index in [1.165, 1.54) is 0 Å². The van der Waals surface area contributed by atoms with E-state index in [0.29, 0.717) is 6.54 Å². The SMILES string of the molecule is CCCNc1nc(Cn2ccc(C)n2)nc2c1cnn2C. The summed E-state index contributed by atoms with van der Waals surface area (Å²) in [5.41, 5.74) is 1.82. The highest BCUT2D eigenvalue weighted by Crippen LogP contribution is 2.19. The van der Waals surface area contributed by atoms with Gasteiger partial charge in [0.2, 0.25) is 0 Å². The van der Waals surface area contributed by atoms with E-state index in [9.17, 15) is 0 Å². The molecule has 0 aromatic carbocycles. The molecule has 3 heterocycles. The van der Waals surface area contributed by atoms with Gasteiger partial charge in [0.1, 0.15) is 12.4 Å². The minimum Gasteiger partial charge on any atom is -0.369 e. The van der Waals surface area contributed by atoms with Crippen molar-refractivity contribution in [1.29, 1.82) is 0 Å². The monoisotopic (exact) mass is 285 g/mol. The third kappa shape index (κ3) is 2.72. The van der Waals surface area contributed by atoms with Gasteiger partial charge in [0, 0.05) is 19.8 Å². The zero-order chi connectivity index (χ0) is 14.8. The number of aromatic nitrogens is 6. The lowest BCUT2D eigenvalue weighted by Gasteiger charge is -2.08. The summed E-state index contributed by atoms with van der Waals surface area (Å²) in [6.07, 6.45) is 4.78. The fraction of sp³-hybridized carbons (Fsp3) is 0.429. The largest absolute Gasteiger partial charge is 0.369 e. The highest BCUT2D eigenvalue weighted by atomic mass is 15.3. The lowest BCUT2D eigenvalue weighted by molar-refractivity contribution is 0.649. The fourth-order valence-electron chi connectivity index (χ4n) is 2.21. The molecule has 1 N–H and O–H groups in total. The summed E-state index contributed by atoms with van der Waals surface area (Å²) in [5, 5.41) is 12.9. The lowest BCUT2D eigenvalue weighted by Crippen LogP contribution is -2.10. The molecule has 0 aliphatic carbocycles. The van der Waals surface area contributed by atoms with Gasteiger partial charge >= 0.3 is 0 Å². The predicted octanol–water partition coefficient (Wildman–Crippen LogP) is 1.74. The molecule has 3 aromatic heterocycles. The third-order valence-electron chi connectivity index (χ3n) is 3.26. The molecule has 0 saturated heterocycles. The van der Waals surface area contributed by atoms with Crippen LogP contribution < -0.4 is 5.32 Å². The summed E-state index contributed by atoms with van der Waals surface area (Å²) in [5.74, 6) is 1.57. The molecule has 0 aliphatic heterocycles. The molecular formula is C14H19N7. The van der Waals surface area contributed by atoms with Crippen molar-refractivity contribution in [3.63, 3.8) is 0 Å². The van der Waals surface area contributed by atoms with Crippen molar-refractivity contribution in [2.24, 2.45) is 7.05 Å². The van der Waals surface area contributed by atoms with Crippen molar-refractivity contribution < 1.29 is 0 Å². The highest BCUT2D eigenvalue weighted by molar-refractivity contribution is 5.86. The third-order valence-corrected chi connectivity index (χ3v) is 3.26. The molecule has 0 unspecified atom stereocenters. The Morgan fingerprint density at radius 3 is 2.86 bits per heavy atom. The first-order chi connectivity index (χ1) is 10.2. The van der Waals surface area contributed by atoms with Crippen molar-refractivity contribution in [3.05, 3.63) is 30.0 Å². The lowest BCUT2D eigenvalue weighted by atomic mass is 10.3. The van der Waals surface area contributed by atoms with Gasteiger partial charge in [0.05, 0.1) is 17.3 Å². The normalized spacial score (nSPS) is 11.2. The molecule has 3 aromatic rings. The molecule has 3 rings (SSSR count). The molecule has 0 aliphatic rings. The van der Waals surface area contributed by atoms with Gasteiger partial charge in [-0.15, -0.1) is 0 Å². The number of fused-ring (bicyclic) bond motifs is 1. The number of hydrogen-bond acceptors (Lipinski definition) is 5. The van der Waals surface area contributed by atoms with Crippen LogP contribution in [-0.4, -0.2) is 36.1 Å². The van der Waals surface area contributed by atoms with E-state index in [-0.39, 0.29) is 0 Å². The van der Waals surface area contributed by atoms with Crippen molar-refractivity contribution >= 4 is 16.9 Å². The molecule has 0 spiro atoms. The van der Waals surface area contributed by atoms with Crippen LogP contribution in [0.4, 0.5) is 5.82 Å². The second-order valence-electron chi connectivity index (χ2n) is 5.08. The Bertz CT molecular complexity index is 756. The van der Waals surface area contributed by atoms with Gasteiger partial charge in [0.25, 0.3) is 0 Å². The Morgan fingerprint density at radius 2 is 2.14 bits per heavy atom. The maximum Gasteiger partial charge on any atom is 0.163 e. The van der Waals surface area contributed by atoms with Crippen LogP contribution in [0.5, 0.6) is 0 Å². The average Bonchev–Trinajstić information content (AvgIpc) is 3.03. The molecule has 0 fully saturated rings. The molecule has 0 bridgehead atoms. The second kappa shape index (κ2) is 5.51. The number of hydrogen-bond donors (Lipinski definition) is 1. The first-order valence-corrected chi connectivity index (χ1v) is 7.10. The van der Waals surface area contributed by atoms with Gasteiger partial charge in [-0.2, -0.15) is 10.2 Å². The van der Waals surface area contributed by atoms with Crippen LogP contribution in [0.15, 0.2) is 18.5 Å². The predicted molar refractivity (Wildman–Crippen MR) is 81.2 cm³/mol. The van der Waals surface area contributed by atoms with Crippen molar-refractivity contribution in [3.8, 4) is 0 Å². The smallest absolute Gasteiger partial charge is 0.163 e. The first-order valence-electron chi connectivity index (χ1n) is 7.10. The zero-order valence-corrected chi connectivity index (χ0v) is 12.5. The number of rotatable bonds is 5. The summed E-state index contributed by atoms with van der Waals surface area (Å²) in [6, 6.07) is 1.97. The van der Waals surface area contributed by atoms with Gasteiger partial charge in [-0.25, -0.2) is 9.97 Å². The van der Waals surface area contributed by atoms with E-state index in [1.54, 1.807) is 10.9 Å². The van der Waals surface area contributed by atoms with Gasteiger partial charge in [0.15, 0.2) is 11.5 Å². The van der Waals surface area contributed by atoms with Crippen LogP contribution in [0.2, 0.25) is 0 Å². The molecule has 21 heavy (non-hydrogen) atoms. The zero-order valence-electron chi connectivity index (χ0n) is 12.5. The number of anilines is 1. The van der Waals surface area contributed by atoms with E-state index >= 15 is 0 Å². The molecule has 0 saturated carbocycles. The van der Waals surface area contributed by atoms with Gasteiger partial charge < -0.3 is 5.32 Å². The quantitative estimate of drug-likeness (QED) is 0.773. The topological polar surface area (TPSA) is 73.5 Å². The van der Waals surface area contributed by atoms with Crippen molar-refractivity contribution in [2.75, 3.05) is 11.9 Å². The van der Waals surface area contributed by atoms with E-state index in [2.05, 4.69) is 32.4 Å². The van der Waals surface area contributed by atoms with E-state index in [0.717, 1.165) is 41.3 Å². The van der Waals surface area contributed by atoms with Crippen molar-refractivity contribution in [2.45, 2.75) is 26.8 Å². The fourth-order valence-corrected chi connectivity index (χ4v) is 2.21. The van der Waals surface area contributed by atoms with Crippen LogP contribution >= 0.6 is 0 Å². The number of nitrogens with zero attached hydrogens (tertiary/aromatic N) is 6. The van der Waals surface area contributed by atoms with Crippen LogP contribution in [0.3, 0.4) is 0 Å². The van der Waals surface area contributed by atoms with E-state index in [1.807, 2.05) is 30.9 Å². The Labute approximate surface area is 123 Å². The van der Waals surface area contributed by atoms with Gasteiger partial charge in [-0.05, 0) is 19.4 Å².